The summed E-state index contributed by atoms with van der Waals surface area (Å²) in [6, 6.07) is 4.60. The van der Waals surface area contributed by atoms with Crippen molar-refractivity contribution in [2.24, 2.45) is 0 Å². The summed E-state index contributed by atoms with van der Waals surface area (Å²) in [6.45, 7) is 0. The Morgan fingerprint density at radius 1 is 0.810 bits per heavy atom. The third-order valence-electron chi connectivity index (χ3n) is 2.55. The molecule has 112 valence electrons. The van der Waals surface area contributed by atoms with Crippen LogP contribution in [0, 0.1) is 0 Å². The van der Waals surface area contributed by atoms with Gasteiger partial charge in [0.2, 0.25) is 17.8 Å². The first-order valence-corrected chi connectivity index (χ1v) is 5.98. The van der Waals surface area contributed by atoms with Gasteiger partial charge in [-0.2, -0.15) is 28.1 Å². The third kappa shape index (κ3) is 3.71. The zero-order valence-corrected chi connectivity index (χ0v) is 11.3. The number of hydrogen-bond acceptors (Lipinski definition) is 6. The molecule has 0 aliphatic rings. The minimum atomic E-state index is -4.36. The van der Waals surface area contributed by atoms with Crippen LogP contribution in [0.4, 0.5) is 36.7 Å². The summed E-state index contributed by atoms with van der Waals surface area (Å²) in [7, 11) is 3.30. The summed E-state index contributed by atoms with van der Waals surface area (Å²) in [5.74, 6) is 0.894. The first-order valence-electron chi connectivity index (χ1n) is 5.98. The van der Waals surface area contributed by atoms with Gasteiger partial charge in [-0.3, -0.25) is 0 Å². The molecule has 0 aliphatic heterocycles. The number of aromatic nitrogens is 3. The Morgan fingerprint density at radius 3 is 1.71 bits per heavy atom. The van der Waals surface area contributed by atoms with E-state index in [4.69, 9.17) is 0 Å². The Kier molecular flexibility index (Phi) is 4.10. The van der Waals surface area contributed by atoms with Gasteiger partial charge in [0.25, 0.3) is 0 Å². The molecular formula is C12H13F3N6. The molecule has 0 saturated heterocycles. The Bertz CT molecular complexity index is 589. The number of halogens is 3. The van der Waals surface area contributed by atoms with Gasteiger partial charge in [-0.05, 0) is 24.3 Å². The average molecular weight is 298 g/mol. The van der Waals surface area contributed by atoms with Crippen LogP contribution in [-0.4, -0.2) is 29.0 Å². The van der Waals surface area contributed by atoms with Crippen LogP contribution in [0.1, 0.15) is 5.56 Å². The van der Waals surface area contributed by atoms with Gasteiger partial charge in [0, 0.05) is 19.8 Å². The van der Waals surface area contributed by atoms with E-state index >= 15 is 0 Å². The Morgan fingerprint density at radius 2 is 1.29 bits per heavy atom. The Balaban J connectivity index is 2.22. The molecule has 0 fully saturated rings. The number of hydrogen-bond donors (Lipinski definition) is 3. The van der Waals surface area contributed by atoms with Crippen molar-refractivity contribution in [3.05, 3.63) is 29.8 Å². The summed E-state index contributed by atoms with van der Waals surface area (Å²) in [5, 5.41) is 8.35. The summed E-state index contributed by atoms with van der Waals surface area (Å²) >= 11 is 0. The van der Waals surface area contributed by atoms with E-state index in [1.165, 1.54) is 12.1 Å². The van der Waals surface area contributed by atoms with E-state index in [-0.39, 0.29) is 5.95 Å². The Hall–Kier alpha value is -2.58. The summed E-state index contributed by atoms with van der Waals surface area (Å²) in [4.78, 5) is 12.1. The molecule has 0 atom stereocenters. The van der Waals surface area contributed by atoms with Gasteiger partial charge < -0.3 is 16.0 Å². The Labute approximate surface area is 118 Å². The van der Waals surface area contributed by atoms with Gasteiger partial charge in [-0.25, -0.2) is 0 Å². The van der Waals surface area contributed by atoms with E-state index < -0.39 is 11.7 Å². The van der Waals surface area contributed by atoms with E-state index in [2.05, 4.69) is 30.9 Å². The monoisotopic (exact) mass is 298 g/mol. The van der Waals surface area contributed by atoms with E-state index in [0.717, 1.165) is 12.1 Å². The van der Waals surface area contributed by atoms with Crippen molar-refractivity contribution >= 4 is 23.5 Å². The molecule has 2 aromatic rings. The molecule has 3 N–H and O–H groups in total. The summed E-state index contributed by atoms with van der Waals surface area (Å²) < 4.78 is 37.4. The minimum absolute atomic E-state index is 0.221. The van der Waals surface area contributed by atoms with E-state index in [1.54, 1.807) is 14.1 Å². The topological polar surface area (TPSA) is 74.8 Å². The maximum Gasteiger partial charge on any atom is 0.416 e. The molecule has 1 aromatic heterocycles. The molecule has 0 bridgehead atoms. The number of nitrogens with one attached hydrogen (secondary N) is 3. The number of benzene rings is 1. The van der Waals surface area contributed by atoms with Crippen molar-refractivity contribution in [3.63, 3.8) is 0 Å². The van der Waals surface area contributed by atoms with Crippen LogP contribution in [0.5, 0.6) is 0 Å². The molecule has 0 spiro atoms. The van der Waals surface area contributed by atoms with Crippen LogP contribution >= 0.6 is 0 Å². The molecule has 0 aliphatic carbocycles. The molecule has 0 radical (unpaired) electrons. The second kappa shape index (κ2) is 5.81. The second-order valence-electron chi connectivity index (χ2n) is 4.01. The van der Waals surface area contributed by atoms with Crippen molar-refractivity contribution in [1.29, 1.82) is 0 Å². The van der Waals surface area contributed by atoms with E-state index in [0.29, 0.717) is 17.6 Å². The largest absolute Gasteiger partial charge is 0.416 e. The second-order valence-corrected chi connectivity index (χ2v) is 4.01. The lowest BCUT2D eigenvalue weighted by Gasteiger charge is -2.10. The fourth-order valence-electron chi connectivity index (χ4n) is 1.53. The predicted octanol–water partition coefficient (Wildman–Crippen LogP) is 2.72. The van der Waals surface area contributed by atoms with E-state index in [1.807, 2.05) is 0 Å². The molecule has 1 aromatic carbocycles. The zero-order valence-electron chi connectivity index (χ0n) is 11.3. The average Bonchev–Trinajstić information content (AvgIpc) is 2.46. The molecule has 1 heterocycles. The highest BCUT2D eigenvalue weighted by molar-refractivity contribution is 5.56. The standard InChI is InChI=1S/C12H13F3N6/c1-16-9-19-10(17-2)21-11(20-9)18-8-5-3-7(4-6-8)12(13,14)15/h3-6H,1-2H3,(H3,16,17,18,19,20,21). The lowest BCUT2D eigenvalue weighted by molar-refractivity contribution is -0.137. The summed E-state index contributed by atoms with van der Waals surface area (Å²) in [6.07, 6.45) is -4.36. The zero-order chi connectivity index (χ0) is 15.5. The predicted molar refractivity (Wildman–Crippen MR) is 73.6 cm³/mol. The number of anilines is 4. The minimum Gasteiger partial charge on any atom is -0.357 e. The van der Waals surface area contributed by atoms with Crippen LogP contribution < -0.4 is 16.0 Å². The smallest absolute Gasteiger partial charge is 0.357 e. The van der Waals surface area contributed by atoms with Gasteiger partial charge in [0.1, 0.15) is 0 Å². The van der Waals surface area contributed by atoms with E-state index in [9.17, 15) is 13.2 Å². The molecule has 21 heavy (non-hydrogen) atoms. The van der Waals surface area contributed by atoms with Crippen molar-refractivity contribution in [2.45, 2.75) is 6.18 Å². The highest BCUT2D eigenvalue weighted by atomic mass is 19.4. The first-order chi connectivity index (χ1) is 9.92. The maximum atomic E-state index is 12.5. The lowest BCUT2D eigenvalue weighted by atomic mass is 10.2. The number of alkyl halides is 3. The van der Waals surface area contributed by atoms with Crippen molar-refractivity contribution in [2.75, 3.05) is 30.0 Å². The van der Waals surface area contributed by atoms with Crippen molar-refractivity contribution in [3.8, 4) is 0 Å². The third-order valence-corrected chi connectivity index (χ3v) is 2.55. The molecule has 2 rings (SSSR count). The van der Waals surface area contributed by atoms with Gasteiger partial charge in [0.05, 0.1) is 5.56 Å². The molecule has 0 unspecified atom stereocenters. The quantitative estimate of drug-likeness (QED) is 0.806. The highest BCUT2D eigenvalue weighted by Gasteiger charge is 2.29. The molecular weight excluding hydrogens is 285 g/mol. The first kappa shape index (κ1) is 14.8. The number of rotatable bonds is 4. The number of nitrogens with zero attached hydrogens (tertiary/aromatic N) is 3. The van der Waals surface area contributed by atoms with Crippen molar-refractivity contribution < 1.29 is 13.2 Å². The molecule has 0 saturated carbocycles. The SMILES string of the molecule is CNc1nc(NC)nc(Nc2ccc(C(F)(F)F)cc2)n1. The van der Waals surface area contributed by atoms with Crippen LogP contribution in [0.15, 0.2) is 24.3 Å². The van der Waals surface area contributed by atoms with Crippen LogP contribution in [-0.2, 0) is 6.18 Å². The fraction of sp³-hybridized carbons (Fsp3) is 0.250. The summed E-state index contributed by atoms with van der Waals surface area (Å²) in [5.41, 5.74) is -0.270. The van der Waals surface area contributed by atoms with Gasteiger partial charge >= 0.3 is 6.18 Å². The highest BCUT2D eigenvalue weighted by Crippen LogP contribution is 2.30. The van der Waals surface area contributed by atoms with Crippen molar-refractivity contribution in [1.82, 2.24) is 15.0 Å². The molecule has 6 nitrogen and oxygen atoms in total. The van der Waals surface area contributed by atoms with Gasteiger partial charge in [0.15, 0.2) is 0 Å². The molecule has 0 amide bonds. The van der Waals surface area contributed by atoms with Crippen LogP contribution in [0.3, 0.4) is 0 Å². The molecule has 9 heteroatoms. The van der Waals surface area contributed by atoms with Gasteiger partial charge in [-0.15, -0.1) is 0 Å². The maximum absolute atomic E-state index is 12.5. The van der Waals surface area contributed by atoms with Gasteiger partial charge in [-0.1, -0.05) is 0 Å². The fourth-order valence-corrected chi connectivity index (χ4v) is 1.53. The van der Waals surface area contributed by atoms with Crippen LogP contribution in [0.2, 0.25) is 0 Å². The van der Waals surface area contributed by atoms with Crippen LogP contribution in [0.25, 0.3) is 0 Å². The lowest BCUT2D eigenvalue weighted by Crippen LogP contribution is -2.07. The normalized spacial score (nSPS) is 11.1.